The minimum Gasteiger partial charge on any atom is -0.479 e. The predicted molar refractivity (Wildman–Crippen MR) is 108 cm³/mol. The van der Waals surface area contributed by atoms with Gasteiger partial charge < -0.3 is 14.8 Å². The highest BCUT2D eigenvalue weighted by atomic mass is 35.5. The predicted octanol–water partition coefficient (Wildman–Crippen LogP) is 1.99. The molecule has 0 amide bonds. The van der Waals surface area contributed by atoms with E-state index in [1.54, 1.807) is 18.2 Å². The standard InChI is InChI=1S/C18H13ClN4O7/c1-9(17(25)26)30-15-12(19)6-10(7-14(15)23(28)29)8-20-22-16(24)11-4-2-3-5-13(11)21-18(22)27/h2-9H,1H3,(H,21,27)(H,25,26)/t9-/m1/s1. The lowest BCUT2D eigenvalue weighted by atomic mass is 10.2. The van der Waals surface area contributed by atoms with Gasteiger partial charge in [0.2, 0.25) is 5.75 Å². The van der Waals surface area contributed by atoms with Crippen LogP contribution in [0.4, 0.5) is 5.69 Å². The maximum Gasteiger partial charge on any atom is 0.349 e. The van der Waals surface area contributed by atoms with E-state index < -0.39 is 39.7 Å². The van der Waals surface area contributed by atoms with Crippen LogP contribution in [0, 0.1) is 10.1 Å². The van der Waals surface area contributed by atoms with Crippen LogP contribution in [0.5, 0.6) is 5.75 Å². The van der Waals surface area contributed by atoms with Crippen molar-refractivity contribution in [1.82, 2.24) is 9.66 Å². The van der Waals surface area contributed by atoms with Crippen LogP contribution >= 0.6 is 11.6 Å². The Hall–Kier alpha value is -3.99. The Morgan fingerprint density at radius 2 is 2.07 bits per heavy atom. The number of nitrogens with zero attached hydrogens (tertiary/aromatic N) is 3. The number of H-pyrrole nitrogens is 1. The molecule has 0 saturated heterocycles. The Labute approximate surface area is 171 Å². The lowest BCUT2D eigenvalue weighted by molar-refractivity contribution is -0.386. The number of nitro benzene ring substituents is 1. The summed E-state index contributed by atoms with van der Waals surface area (Å²) in [6, 6.07) is 8.60. The molecule has 0 aliphatic rings. The minimum absolute atomic E-state index is 0.0847. The van der Waals surface area contributed by atoms with Gasteiger partial charge in [0.1, 0.15) is 0 Å². The zero-order valence-corrected chi connectivity index (χ0v) is 16.0. The number of benzene rings is 2. The minimum atomic E-state index is -1.38. The molecule has 1 aromatic heterocycles. The summed E-state index contributed by atoms with van der Waals surface area (Å²) in [6.07, 6.45) is -0.343. The van der Waals surface area contributed by atoms with Gasteiger partial charge >= 0.3 is 17.3 Å². The molecule has 1 atom stereocenters. The number of nitrogens with one attached hydrogen (secondary N) is 1. The van der Waals surface area contributed by atoms with Gasteiger partial charge in [-0.05, 0) is 25.1 Å². The highest BCUT2D eigenvalue weighted by Gasteiger charge is 2.24. The van der Waals surface area contributed by atoms with Crippen LogP contribution in [-0.4, -0.2) is 38.0 Å². The van der Waals surface area contributed by atoms with E-state index in [2.05, 4.69) is 10.1 Å². The van der Waals surface area contributed by atoms with Crippen molar-refractivity contribution in [2.75, 3.05) is 0 Å². The lowest BCUT2D eigenvalue weighted by Gasteiger charge is -2.12. The maximum atomic E-state index is 12.5. The Bertz CT molecular complexity index is 1310. The third-order valence-electron chi connectivity index (χ3n) is 3.99. The molecular weight excluding hydrogens is 420 g/mol. The van der Waals surface area contributed by atoms with Gasteiger partial charge in [-0.3, -0.25) is 14.9 Å². The largest absolute Gasteiger partial charge is 0.479 e. The van der Waals surface area contributed by atoms with Crippen LogP contribution in [0.1, 0.15) is 12.5 Å². The summed E-state index contributed by atoms with van der Waals surface area (Å²) >= 11 is 6.03. The summed E-state index contributed by atoms with van der Waals surface area (Å²) in [6.45, 7) is 1.19. The van der Waals surface area contributed by atoms with Gasteiger partial charge in [-0.25, -0.2) is 9.59 Å². The molecule has 0 aliphatic carbocycles. The zero-order valence-electron chi connectivity index (χ0n) is 15.2. The molecule has 0 saturated carbocycles. The van der Waals surface area contributed by atoms with Gasteiger partial charge in [0.25, 0.3) is 5.56 Å². The molecule has 154 valence electrons. The molecular formula is C18H13ClN4O7. The average Bonchev–Trinajstić information content (AvgIpc) is 2.69. The number of rotatable bonds is 6. The Morgan fingerprint density at radius 1 is 1.37 bits per heavy atom. The van der Waals surface area contributed by atoms with E-state index in [9.17, 15) is 24.5 Å². The van der Waals surface area contributed by atoms with E-state index in [1.807, 2.05) is 0 Å². The highest BCUT2D eigenvalue weighted by molar-refractivity contribution is 6.32. The fourth-order valence-electron chi connectivity index (χ4n) is 2.54. The number of aromatic nitrogens is 2. The lowest BCUT2D eigenvalue weighted by Crippen LogP contribution is -2.32. The summed E-state index contributed by atoms with van der Waals surface area (Å²) in [7, 11) is 0. The third-order valence-corrected chi connectivity index (χ3v) is 4.27. The van der Waals surface area contributed by atoms with Gasteiger partial charge in [-0.1, -0.05) is 23.7 Å². The molecule has 0 fully saturated rings. The number of carboxylic acid groups (broad SMARTS) is 1. The van der Waals surface area contributed by atoms with Gasteiger partial charge in [-0.15, -0.1) is 4.68 Å². The van der Waals surface area contributed by atoms with E-state index in [0.717, 1.165) is 12.3 Å². The van der Waals surface area contributed by atoms with Gasteiger partial charge in [0.15, 0.2) is 6.10 Å². The second-order valence-electron chi connectivity index (χ2n) is 6.04. The average molecular weight is 433 g/mol. The number of para-hydroxylation sites is 1. The maximum absolute atomic E-state index is 12.5. The quantitative estimate of drug-likeness (QED) is 0.342. The highest BCUT2D eigenvalue weighted by Crippen LogP contribution is 2.36. The smallest absolute Gasteiger partial charge is 0.349 e. The Kier molecular flexibility index (Phi) is 5.65. The normalized spacial score (nSPS) is 12.2. The second-order valence-corrected chi connectivity index (χ2v) is 6.45. The topological polar surface area (TPSA) is 157 Å². The molecule has 11 nitrogen and oxygen atoms in total. The number of halogens is 1. The number of nitro groups is 1. The second kappa shape index (κ2) is 8.17. The van der Waals surface area contributed by atoms with Crippen molar-refractivity contribution < 1.29 is 19.6 Å². The molecule has 1 heterocycles. The first kappa shape index (κ1) is 20.7. The van der Waals surface area contributed by atoms with Crippen LogP contribution in [0.25, 0.3) is 10.9 Å². The van der Waals surface area contributed by atoms with Gasteiger partial charge in [0, 0.05) is 11.6 Å². The van der Waals surface area contributed by atoms with Gasteiger partial charge in [-0.2, -0.15) is 5.10 Å². The van der Waals surface area contributed by atoms with Crippen molar-refractivity contribution in [2.45, 2.75) is 13.0 Å². The number of fused-ring (bicyclic) bond motifs is 1. The SMILES string of the molecule is C[C@@H](Oc1c(Cl)cc(C=Nn2c(=O)[nH]c3ccccc3c2=O)cc1[N+](=O)[O-])C(=O)O. The number of hydrogen-bond acceptors (Lipinski definition) is 7. The molecule has 2 aromatic carbocycles. The van der Waals surface area contributed by atoms with E-state index >= 15 is 0 Å². The molecule has 0 spiro atoms. The summed E-state index contributed by atoms with van der Waals surface area (Å²) in [5.41, 5.74) is -1.66. The van der Waals surface area contributed by atoms with Crippen LogP contribution in [0.2, 0.25) is 5.02 Å². The first-order chi connectivity index (χ1) is 14.2. The van der Waals surface area contributed by atoms with Crippen LogP contribution < -0.4 is 16.0 Å². The molecule has 2 N–H and O–H groups in total. The summed E-state index contributed by atoms with van der Waals surface area (Å²) < 4.78 is 5.64. The van der Waals surface area contributed by atoms with Crippen molar-refractivity contribution in [2.24, 2.45) is 5.10 Å². The van der Waals surface area contributed by atoms with E-state index in [-0.39, 0.29) is 16.0 Å². The fourth-order valence-corrected chi connectivity index (χ4v) is 2.80. The number of aliphatic carboxylic acids is 1. The molecule has 0 bridgehead atoms. The van der Waals surface area contributed by atoms with E-state index in [0.29, 0.717) is 10.2 Å². The monoisotopic (exact) mass is 432 g/mol. The van der Waals surface area contributed by atoms with Crippen molar-refractivity contribution in [3.8, 4) is 5.75 Å². The molecule has 12 heteroatoms. The van der Waals surface area contributed by atoms with Crippen LogP contribution in [-0.2, 0) is 4.79 Å². The van der Waals surface area contributed by atoms with Crippen molar-refractivity contribution in [3.05, 3.63) is 77.9 Å². The number of carboxylic acids is 1. The first-order valence-corrected chi connectivity index (χ1v) is 8.72. The number of aromatic amines is 1. The molecule has 0 aliphatic heterocycles. The molecule has 3 rings (SSSR count). The van der Waals surface area contributed by atoms with Crippen LogP contribution in [0.15, 0.2) is 51.1 Å². The van der Waals surface area contributed by atoms with Crippen molar-refractivity contribution >= 4 is 40.4 Å². The van der Waals surface area contributed by atoms with Crippen LogP contribution in [0.3, 0.4) is 0 Å². The molecule has 3 aromatic rings. The summed E-state index contributed by atoms with van der Waals surface area (Å²) in [4.78, 5) is 48.6. The van der Waals surface area contributed by atoms with Crippen molar-refractivity contribution in [1.29, 1.82) is 0 Å². The Balaban J connectivity index is 2.06. The molecule has 0 unspecified atom stereocenters. The molecule has 30 heavy (non-hydrogen) atoms. The third kappa shape index (κ3) is 4.05. The number of carbonyl (C=O) groups is 1. The molecule has 0 radical (unpaired) electrons. The fraction of sp³-hybridized carbons (Fsp3) is 0.111. The summed E-state index contributed by atoms with van der Waals surface area (Å²) in [5.74, 6) is -1.75. The number of ether oxygens (including phenoxy) is 1. The van der Waals surface area contributed by atoms with Gasteiger partial charge in [0.05, 0.1) is 27.1 Å². The van der Waals surface area contributed by atoms with Crippen molar-refractivity contribution in [3.63, 3.8) is 0 Å². The summed E-state index contributed by atoms with van der Waals surface area (Å²) in [5, 5.41) is 24.1. The first-order valence-electron chi connectivity index (χ1n) is 8.35. The van der Waals surface area contributed by atoms with E-state index in [4.69, 9.17) is 21.4 Å². The van der Waals surface area contributed by atoms with E-state index in [1.165, 1.54) is 19.1 Å². The zero-order chi connectivity index (χ0) is 22.0. The Morgan fingerprint density at radius 3 is 2.73 bits per heavy atom. The number of hydrogen-bond donors (Lipinski definition) is 2.